The van der Waals surface area contributed by atoms with Crippen molar-refractivity contribution in [1.82, 2.24) is 0 Å². The first kappa shape index (κ1) is 13.4. The zero-order chi connectivity index (χ0) is 13.3. The Morgan fingerprint density at radius 2 is 1.94 bits per heavy atom. The number of benzene rings is 1. The van der Waals surface area contributed by atoms with Crippen molar-refractivity contribution in [3.05, 3.63) is 28.8 Å². The standard InChI is InChI=1S/C15H23NO2/c1-9-7-12(8-10(2)15(9)17-4)14(16)13-5-6-18-11(13)3/h7-8,11,13-14H,5-6,16H2,1-4H3. The molecule has 0 spiro atoms. The molecule has 100 valence electrons. The van der Waals surface area contributed by atoms with Gasteiger partial charge >= 0.3 is 0 Å². The third-order valence-corrected chi connectivity index (χ3v) is 3.97. The molecule has 2 N–H and O–H groups in total. The van der Waals surface area contributed by atoms with Crippen LogP contribution >= 0.6 is 0 Å². The number of nitrogens with two attached hydrogens (primary N) is 1. The van der Waals surface area contributed by atoms with Gasteiger partial charge in [-0.15, -0.1) is 0 Å². The van der Waals surface area contributed by atoms with Crippen molar-refractivity contribution in [2.75, 3.05) is 13.7 Å². The van der Waals surface area contributed by atoms with Crippen LogP contribution in [0, 0.1) is 19.8 Å². The SMILES string of the molecule is COc1c(C)cc(C(N)C2CCOC2C)cc1C. The molecule has 2 rings (SSSR count). The lowest BCUT2D eigenvalue weighted by molar-refractivity contribution is 0.0995. The van der Waals surface area contributed by atoms with E-state index >= 15 is 0 Å². The van der Waals surface area contributed by atoms with Gasteiger partial charge in [0.05, 0.1) is 13.2 Å². The van der Waals surface area contributed by atoms with E-state index in [4.69, 9.17) is 15.2 Å². The molecular weight excluding hydrogens is 226 g/mol. The van der Waals surface area contributed by atoms with Gasteiger partial charge in [-0.2, -0.15) is 0 Å². The zero-order valence-electron chi connectivity index (χ0n) is 11.7. The molecule has 0 aromatic heterocycles. The molecule has 0 amide bonds. The minimum absolute atomic E-state index is 0.0470. The highest BCUT2D eigenvalue weighted by Crippen LogP contribution is 2.34. The second-order valence-electron chi connectivity index (χ2n) is 5.24. The van der Waals surface area contributed by atoms with E-state index in [2.05, 4.69) is 32.9 Å². The van der Waals surface area contributed by atoms with Crippen LogP contribution in [0.5, 0.6) is 5.75 Å². The Bertz CT molecular complexity index is 407. The van der Waals surface area contributed by atoms with Gasteiger partial charge in [0.2, 0.25) is 0 Å². The molecular formula is C15H23NO2. The molecule has 1 aromatic rings. The minimum atomic E-state index is 0.0470. The monoisotopic (exact) mass is 249 g/mol. The summed E-state index contributed by atoms with van der Waals surface area (Å²) in [6, 6.07) is 4.33. The smallest absolute Gasteiger partial charge is 0.124 e. The average molecular weight is 249 g/mol. The van der Waals surface area contributed by atoms with Gasteiger partial charge in [0.15, 0.2) is 0 Å². The van der Waals surface area contributed by atoms with Gasteiger partial charge < -0.3 is 15.2 Å². The lowest BCUT2D eigenvalue weighted by atomic mass is 9.87. The zero-order valence-corrected chi connectivity index (χ0v) is 11.7. The van der Waals surface area contributed by atoms with Crippen LogP contribution in [0.3, 0.4) is 0 Å². The Balaban J connectivity index is 2.28. The van der Waals surface area contributed by atoms with Gasteiger partial charge in [-0.1, -0.05) is 12.1 Å². The molecule has 1 saturated heterocycles. The summed E-state index contributed by atoms with van der Waals surface area (Å²) in [7, 11) is 1.71. The molecule has 0 saturated carbocycles. The fourth-order valence-corrected chi connectivity index (χ4v) is 2.97. The van der Waals surface area contributed by atoms with Crippen LogP contribution in [-0.2, 0) is 4.74 Å². The number of ether oxygens (including phenoxy) is 2. The predicted octanol–water partition coefficient (Wildman–Crippen LogP) is 2.74. The summed E-state index contributed by atoms with van der Waals surface area (Å²) in [6.07, 6.45) is 1.30. The van der Waals surface area contributed by atoms with Gasteiger partial charge in [-0.3, -0.25) is 0 Å². The Kier molecular flexibility index (Phi) is 3.93. The van der Waals surface area contributed by atoms with Crippen LogP contribution in [0.25, 0.3) is 0 Å². The number of methoxy groups -OCH3 is 1. The molecule has 1 fully saturated rings. The van der Waals surface area contributed by atoms with Crippen LogP contribution in [0.1, 0.15) is 36.1 Å². The summed E-state index contributed by atoms with van der Waals surface area (Å²) in [4.78, 5) is 0. The first-order chi connectivity index (χ1) is 8.54. The van der Waals surface area contributed by atoms with Crippen molar-refractivity contribution in [3.63, 3.8) is 0 Å². The molecule has 0 bridgehead atoms. The quantitative estimate of drug-likeness (QED) is 0.895. The number of rotatable bonds is 3. The predicted molar refractivity (Wildman–Crippen MR) is 72.9 cm³/mol. The van der Waals surface area contributed by atoms with Crippen LogP contribution in [0.4, 0.5) is 0 Å². The minimum Gasteiger partial charge on any atom is -0.496 e. The summed E-state index contributed by atoms with van der Waals surface area (Å²) in [5.74, 6) is 1.37. The van der Waals surface area contributed by atoms with Crippen LogP contribution < -0.4 is 10.5 Å². The van der Waals surface area contributed by atoms with Crippen molar-refractivity contribution in [2.24, 2.45) is 11.7 Å². The summed E-state index contributed by atoms with van der Waals surface area (Å²) in [5, 5.41) is 0. The topological polar surface area (TPSA) is 44.5 Å². The fraction of sp³-hybridized carbons (Fsp3) is 0.600. The summed E-state index contributed by atoms with van der Waals surface area (Å²) < 4.78 is 11.0. The Morgan fingerprint density at radius 1 is 1.33 bits per heavy atom. The Morgan fingerprint density at radius 3 is 2.39 bits per heavy atom. The highest BCUT2D eigenvalue weighted by molar-refractivity contribution is 5.44. The number of hydrogen-bond donors (Lipinski definition) is 1. The van der Waals surface area contributed by atoms with E-state index in [0.29, 0.717) is 5.92 Å². The van der Waals surface area contributed by atoms with E-state index in [-0.39, 0.29) is 12.1 Å². The fourth-order valence-electron chi connectivity index (χ4n) is 2.97. The van der Waals surface area contributed by atoms with Gasteiger partial charge in [-0.05, 0) is 43.9 Å². The average Bonchev–Trinajstić information content (AvgIpc) is 2.74. The van der Waals surface area contributed by atoms with E-state index in [1.807, 2.05) is 0 Å². The highest BCUT2D eigenvalue weighted by atomic mass is 16.5. The van der Waals surface area contributed by atoms with E-state index in [0.717, 1.165) is 29.9 Å². The Hall–Kier alpha value is -1.06. The van der Waals surface area contributed by atoms with Crippen LogP contribution in [-0.4, -0.2) is 19.8 Å². The lowest BCUT2D eigenvalue weighted by Crippen LogP contribution is -2.26. The van der Waals surface area contributed by atoms with Crippen molar-refractivity contribution in [3.8, 4) is 5.75 Å². The first-order valence-corrected chi connectivity index (χ1v) is 6.57. The van der Waals surface area contributed by atoms with Crippen molar-refractivity contribution >= 4 is 0 Å². The molecule has 18 heavy (non-hydrogen) atoms. The molecule has 1 aliphatic heterocycles. The maximum atomic E-state index is 6.40. The summed E-state index contributed by atoms with van der Waals surface area (Å²) in [5.41, 5.74) is 9.88. The molecule has 0 radical (unpaired) electrons. The van der Waals surface area contributed by atoms with Crippen LogP contribution in [0.2, 0.25) is 0 Å². The summed E-state index contributed by atoms with van der Waals surface area (Å²) >= 11 is 0. The van der Waals surface area contributed by atoms with E-state index in [9.17, 15) is 0 Å². The van der Waals surface area contributed by atoms with Gasteiger partial charge in [0.1, 0.15) is 5.75 Å². The Labute approximate surface area is 109 Å². The van der Waals surface area contributed by atoms with E-state index < -0.39 is 0 Å². The number of hydrogen-bond acceptors (Lipinski definition) is 3. The third-order valence-electron chi connectivity index (χ3n) is 3.97. The van der Waals surface area contributed by atoms with Gasteiger partial charge in [0, 0.05) is 18.6 Å². The van der Waals surface area contributed by atoms with E-state index in [1.165, 1.54) is 5.56 Å². The largest absolute Gasteiger partial charge is 0.496 e. The maximum absolute atomic E-state index is 6.40. The van der Waals surface area contributed by atoms with Crippen LogP contribution in [0.15, 0.2) is 12.1 Å². The van der Waals surface area contributed by atoms with Crippen molar-refractivity contribution in [2.45, 2.75) is 39.3 Å². The summed E-state index contributed by atoms with van der Waals surface area (Å²) in [6.45, 7) is 7.07. The third kappa shape index (κ3) is 2.38. The van der Waals surface area contributed by atoms with Crippen molar-refractivity contribution < 1.29 is 9.47 Å². The van der Waals surface area contributed by atoms with Gasteiger partial charge in [-0.25, -0.2) is 0 Å². The first-order valence-electron chi connectivity index (χ1n) is 6.57. The maximum Gasteiger partial charge on any atom is 0.124 e. The molecule has 3 heteroatoms. The molecule has 1 aromatic carbocycles. The molecule has 1 heterocycles. The molecule has 3 nitrogen and oxygen atoms in total. The molecule has 3 atom stereocenters. The molecule has 0 aliphatic carbocycles. The normalized spacial score (nSPS) is 25.2. The second-order valence-corrected chi connectivity index (χ2v) is 5.24. The highest BCUT2D eigenvalue weighted by Gasteiger charge is 2.30. The number of aryl methyl sites for hydroxylation is 2. The molecule has 3 unspecified atom stereocenters. The van der Waals surface area contributed by atoms with E-state index in [1.54, 1.807) is 7.11 Å². The van der Waals surface area contributed by atoms with Crippen molar-refractivity contribution in [1.29, 1.82) is 0 Å². The van der Waals surface area contributed by atoms with Gasteiger partial charge in [0.25, 0.3) is 0 Å². The molecule has 1 aliphatic rings. The second kappa shape index (κ2) is 5.29. The lowest BCUT2D eigenvalue weighted by Gasteiger charge is -2.23.